The molecule has 0 saturated carbocycles. The number of hydrogen-bond donors (Lipinski definition) is 2. The number of benzene rings is 1. The zero-order valence-corrected chi connectivity index (χ0v) is 11.1. The monoisotopic (exact) mass is 261 g/mol. The Bertz CT molecular complexity index is 499. The molecule has 5 nitrogen and oxygen atoms in total. The van der Waals surface area contributed by atoms with Crippen LogP contribution < -0.4 is 16.0 Å². The number of nitrogens with one attached hydrogen (secondary N) is 1. The van der Waals surface area contributed by atoms with Gasteiger partial charge in [0.05, 0.1) is 0 Å². The number of nitrogens with two attached hydrogens (primary N) is 1. The van der Waals surface area contributed by atoms with Gasteiger partial charge in [-0.15, -0.1) is 0 Å². The average molecular weight is 261 g/mol. The van der Waals surface area contributed by atoms with Gasteiger partial charge in [0.2, 0.25) is 11.8 Å². The van der Waals surface area contributed by atoms with Crippen molar-refractivity contribution in [2.45, 2.75) is 26.2 Å². The van der Waals surface area contributed by atoms with Gasteiger partial charge in [-0.25, -0.2) is 0 Å². The fourth-order valence-electron chi connectivity index (χ4n) is 2.29. The highest BCUT2D eigenvalue weighted by atomic mass is 16.2. The van der Waals surface area contributed by atoms with Crippen LogP contribution in [-0.4, -0.2) is 24.9 Å². The van der Waals surface area contributed by atoms with Crippen molar-refractivity contribution in [2.75, 3.05) is 23.3 Å². The number of carbonyl (C=O) groups is 2. The first-order valence-corrected chi connectivity index (χ1v) is 6.53. The molecule has 1 aliphatic heterocycles. The van der Waals surface area contributed by atoms with Gasteiger partial charge < -0.3 is 16.0 Å². The van der Waals surface area contributed by atoms with Gasteiger partial charge in [-0.1, -0.05) is 0 Å². The zero-order valence-electron chi connectivity index (χ0n) is 11.1. The van der Waals surface area contributed by atoms with Gasteiger partial charge in [0, 0.05) is 37.3 Å². The molecule has 2 rings (SSSR count). The number of carbonyl (C=O) groups excluding carboxylic acids is 2. The summed E-state index contributed by atoms with van der Waals surface area (Å²) in [7, 11) is 0. The number of nitrogens with zero attached hydrogens (tertiary/aromatic N) is 1. The topological polar surface area (TPSA) is 75.4 Å². The Morgan fingerprint density at radius 2 is 2.26 bits per heavy atom. The summed E-state index contributed by atoms with van der Waals surface area (Å²) in [5, 5.41) is 2.79. The third-order valence-corrected chi connectivity index (χ3v) is 3.22. The van der Waals surface area contributed by atoms with E-state index in [1.807, 2.05) is 25.1 Å². The van der Waals surface area contributed by atoms with Gasteiger partial charge in [0.1, 0.15) is 0 Å². The van der Waals surface area contributed by atoms with E-state index in [2.05, 4.69) is 5.32 Å². The van der Waals surface area contributed by atoms with Crippen LogP contribution in [0.15, 0.2) is 18.2 Å². The second kappa shape index (κ2) is 5.84. The number of hydrogen-bond acceptors (Lipinski definition) is 3. The van der Waals surface area contributed by atoms with E-state index in [1.54, 1.807) is 4.90 Å². The minimum absolute atomic E-state index is 0.0908. The summed E-state index contributed by atoms with van der Waals surface area (Å²) >= 11 is 0. The normalized spacial score (nSPS) is 14.8. The first-order chi connectivity index (χ1) is 9.11. The molecular formula is C14H19N3O2. The number of amides is 2. The molecular weight excluding hydrogens is 242 g/mol. The Kier molecular flexibility index (Phi) is 4.16. The lowest BCUT2D eigenvalue weighted by Gasteiger charge is -2.19. The first-order valence-electron chi connectivity index (χ1n) is 6.53. The lowest BCUT2D eigenvalue weighted by atomic mass is 10.1. The van der Waals surface area contributed by atoms with Crippen molar-refractivity contribution in [1.82, 2.24) is 0 Å². The zero-order chi connectivity index (χ0) is 13.8. The summed E-state index contributed by atoms with van der Waals surface area (Å²) in [4.78, 5) is 25.0. The Morgan fingerprint density at radius 1 is 1.47 bits per heavy atom. The summed E-state index contributed by atoms with van der Waals surface area (Å²) in [6.07, 6.45) is 1.84. The van der Waals surface area contributed by atoms with Crippen molar-refractivity contribution in [3.63, 3.8) is 0 Å². The fraction of sp³-hybridized carbons (Fsp3) is 0.429. The van der Waals surface area contributed by atoms with Gasteiger partial charge in [0.15, 0.2) is 0 Å². The molecule has 19 heavy (non-hydrogen) atoms. The molecule has 3 N–H and O–H groups in total. The van der Waals surface area contributed by atoms with Gasteiger partial charge in [-0.3, -0.25) is 9.59 Å². The summed E-state index contributed by atoms with van der Waals surface area (Å²) in [6, 6.07) is 5.59. The average Bonchev–Trinajstić information content (AvgIpc) is 2.76. The van der Waals surface area contributed by atoms with Crippen LogP contribution in [0.4, 0.5) is 11.4 Å². The largest absolute Gasteiger partial charge is 0.330 e. The molecule has 1 saturated heterocycles. The highest BCUT2D eigenvalue weighted by Crippen LogP contribution is 2.27. The molecule has 2 amide bonds. The Labute approximate surface area is 112 Å². The standard InChI is InChI=1S/C14H19N3O2/c1-10-9-11(16-13(18)6-7-15)4-5-12(10)17-8-2-3-14(17)19/h4-5,9H,2-3,6-8,15H2,1H3,(H,16,18). The minimum atomic E-state index is -0.0908. The summed E-state index contributed by atoms with van der Waals surface area (Å²) in [5.74, 6) is 0.0786. The fourth-order valence-corrected chi connectivity index (χ4v) is 2.29. The Morgan fingerprint density at radius 3 is 2.84 bits per heavy atom. The lowest BCUT2D eigenvalue weighted by molar-refractivity contribution is -0.117. The Hall–Kier alpha value is -1.88. The maximum Gasteiger partial charge on any atom is 0.227 e. The van der Waals surface area contributed by atoms with E-state index in [4.69, 9.17) is 5.73 Å². The van der Waals surface area contributed by atoms with Crippen LogP contribution >= 0.6 is 0 Å². The summed E-state index contributed by atoms with van der Waals surface area (Å²) in [6.45, 7) is 3.06. The van der Waals surface area contributed by atoms with Crippen molar-refractivity contribution >= 4 is 23.2 Å². The molecule has 1 aromatic rings. The van der Waals surface area contributed by atoms with E-state index in [-0.39, 0.29) is 11.8 Å². The third kappa shape index (κ3) is 3.12. The molecule has 0 spiro atoms. The van der Waals surface area contributed by atoms with Gasteiger partial charge in [0.25, 0.3) is 0 Å². The van der Waals surface area contributed by atoms with E-state index < -0.39 is 0 Å². The van der Waals surface area contributed by atoms with Gasteiger partial charge >= 0.3 is 0 Å². The second-order valence-corrected chi connectivity index (χ2v) is 4.74. The molecule has 0 radical (unpaired) electrons. The van der Waals surface area contributed by atoms with Crippen molar-refractivity contribution in [3.8, 4) is 0 Å². The third-order valence-electron chi connectivity index (χ3n) is 3.22. The van der Waals surface area contributed by atoms with E-state index in [0.717, 1.165) is 29.9 Å². The molecule has 0 aliphatic carbocycles. The van der Waals surface area contributed by atoms with Crippen LogP contribution in [0.1, 0.15) is 24.8 Å². The number of anilines is 2. The van der Waals surface area contributed by atoms with Crippen LogP contribution in [0.5, 0.6) is 0 Å². The van der Waals surface area contributed by atoms with Crippen LogP contribution in [-0.2, 0) is 9.59 Å². The molecule has 0 aromatic heterocycles. The van der Waals surface area contributed by atoms with Crippen LogP contribution in [0.2, 0.25) is 0 Å². The molecule has 0 atom stereocenters. The van der Waals surface area contributed by atoms with Crippen LogP contribution in [0, 0.1) is 6.92 Å². The van der Waals surface area contributed by atoms with E-state index in [9.17, 15) is 9.59 Å². The Balaban J connectivity index is 2.13. The smallest absolute Gasteiger partial charge is 0.227 e. The first kappa shape index (κ1) is 13.5. The SMILES string of the molecule is Cc1cc(NC(=O)CCN)ccc1N1CCCC1=O. The number of aryl methyl sites for hydroxylation is 1. The molecule has 0 bridgehead atoms. The molecule has 1 heterocycles. The maximum absolute atomic E-state index is 11.7. The van der Waals surface area contributed by atoms with Gasteiger partial charge in [-0.2, -0.15) is 0 Å². The summed E-state index contributed by atoms with van der Waals surface area (Å²) < 4.78 is 0. The molecule has 102 valence electrons. The maximum atomic E-state index is 11.7. The predicted octanol–water partition coefficient (Wildman–Crippen LogP) is 1.41. The molecule has 1 aromatic carbocycles. The van der Waals surface area contributed by atoms with Crippen molar-refractivity contribution in [2.24, 2.45) is 5.73 Å². The molecule has 0 unspecified atom stereocenters. The molecule has 1 fully saturated rings. The van der Waals surface area contributed by atoms with Crippen molar-refractivity contribution in [3.05, 3.63) is 23.8 Å². The molecule has 5 heteroatoms. The van der Waals surface area contributed by atoms with Crippen molar-refractivity contribution < 1.29 is 9.59 Å². The van der Waals surface area contributed by atoms with Crippen molar-refractivity contribution in [1.29, 1.82) is 0 Å². The lowest BCUT2D eigenvalue weighted by Crippen LogP contribution is -2.24. The van der Waals surface area contributed by atoms with E-state index in [1.165, 1.54) is 0 Å². The summed E-state index contributed by atoms with van der Waals surface area (Å²) in [5.41, 5.74) is 7.99. The highest BCUT2D eigenvalue weighted by Gasteiger charge is 2.22. The van der Waals surface area contributed by atoms with E-state index >= 15 is 0 Å². The highest BCUT2D eigenvalue weighted by molar-refractivity contribution is 5.97. The number of rotatable bonds is 4. The van der Waals surface area contributed by atoms with E-state index in [0.29, 0.717) is 19.4 Å². The molecule has 1 aliphatic rings. The van der Waals surface area contributed by atoms with Gasteiger partial charge in [-0.05, 0) is 37.1 Å². The van der Waals surface area contributed by atoms with Crippen LogP contribution in [0.25, 0.3) is 0 Å². The second-order valence-electron chi connectivity index (χ2n) is 4.74. The van der Waals surface area contributed by atoms with Crippen LogP contribution in [0.3, 0.4) is 0 Å². The minimum Gasteiger partial charge on any atom is -0.330 e. The quantitative estimate of drug-likeness (QED) is 0.860. The predicted molar refractivity (Wildman–Crippen MR) is 75.1 cm³/mol.